The first-order valence-corrected chi connectivity index (χ1v) is 6.90. The molecule has 4 heteroatoms. The van der Waals surface area contributed by atoms with Gasteiger partial charge in [0.15, 0.2) is 0 Å². The van der Waals surface area contributed by atoms with Crippen molar-refractivity contribution < 1.29 is 4.79 Å². The molecule has 1 amide bonds. The molecule has 0 bridgehead atoms. The number of nitrogens with one attached hydrogen (secondary N) is 1. The zero-order valence-corrected chi connectivity index (χ0v) is 12.2. The van der Waals surface area contributed by atoms with Crippen molar-refractivity contribution in [3.8, 4) is 0 Å². The molecular weight excluding hydrogens is 250 g/mol. The zero-order valence-electron chi connectivity index (χ0n) is 12.2. The Hall–Kier alpha value is -1.94. The Kier molecular flexibility index (Phi) is 4.35. The molecule has 0 fully saturated rings. The number of aromatic nitrogens is 1. The zero-order chi connectivity index (χ0) is 14.7. The van der Waals surface area contributed by atoms with Crippen molar-refractivity contribution in [2.45, 2.75) is 19.8 Å². The van der Waals surface area contributed by atoms with Gasteiger partial charge in [-0.25, -0.2) is 0 Å². The second kappa shape index (κ2) is 6.01. The van der Waals surface area contributed by atoms with Gasteiger partial charge in [0, 0.05) is 18.6 Å². The van der Waals surface area contributed by atoms with Crippen molar-refractivity contribution in [2.24, 2.45) is 11.7 Å². The van der Waals surface area contributed by atoms with Gasteiger partial charge in [0.1, 0.15) is 0 Å². The van der Waals surface area contributed by atoms with Crippen LogP contribution in [0, 0.1) is 5.92 Å². The van der Waals surface area contributed by atoms with Gasteiger partial charge in [-0.2, -0.15) is 0 Å². The van der Waals surface area contributed by atoms with E-state index in [2.05, 4.69) is 30.2 Å². The van der Waals surface area contributed by atoms with Gasteiger partial charge < -0.3 is 11.1 Å². The van der Waals surface area contributed by atoms with Crippen LogP contribution in [0.5, 0.6) is 0 Å². The largest absolute Gasteiger partial charge is 0.355 e. The van der Waals surface area contributed by atoms with Crippen LogP contribution in [0.1, 0.15) is 35.7 Å². The summed E-state index contributed by atoms with van der Waals surface area (Å²) in [5.41, 5.74) is 8.46. The van der Waals surface area contributed by atoms with Crippen LogP contribution in [0.4, 0.5) is 0 Å². The summed E-state index contributed by atoms with van der Waals surface area (Å²) in [5, 5.41) is 3.56. The third-order valence-corrected chi connectivity index (χ3v) is 3.99. The van der Waals surface area contributed by atoms with E-state index >= 15 is 0 Å². The second-order valence-corrected chi connectivity index (χ2v) is 5.18. The molecule has 20 heavy (non-hydrogen) atoms. The Bertz CT molecular complexity index is 624. The van der Waals surface area contributed by atoms with Crippen molar-refractivity contribution in [1.82, 2.24) is 10.3 Å². The summed E-state index contributed by atoms with van der Waals surface area (Å²) < 4.78 is 0. The highest BCUT2D eigenvalue weighted by Gasteiger charge is 2.18. The summed E-state index contributed by atoms with van der Waals surface area (Å²) in [5.74, 6) is 0.580. The fourth-order valence-corrected chi connectivity index (χ4v) is 2.41. The Labute approximate surface area is 119 Å². The van der Waals surface area contributed by atoms with Crippen LogP contribution >= 0.6 is 0 Å². The molecule has 0 radical (unpaired) electrons. The minimum atomic E-state index is -0.0888. The summed E-state index contributed by atoms with van der Waals surface area (Å²) in [6.45, 7) is 4.92. The number of hydrogen-bond donors (Lipinski definition) is 2. The SMILES string of the molecule is CNC(=O)c1ccnc2c([C@H](C)C(C)CN)cccc12. The number of nitrogens with zero attached hydrogens (tertiary/aromatic N) is 1. The minimum Gasteiger partial charge on any atom is -0.355 e. The van der Waals surface area contributed by atoms with Gasteiger partial charge in [-0.1, -0.05) is 32.0 Å². The number of fused-ring (bicyclic) bond motifs is 1. The number of hydrogen-bond acceptors (Lipinski definition) is 3. The van der Waals surface area contributed by atoms with Crippen LogP contribution in [0.25, 0.3) is 10.9 Å². The smallest absolute Gasteiger partial charge is 0.251 e. The Morgan fingerprint density at radius 3 is 2.75 bits per heavy atom. The monoisotopic (exact) mass is 271 g/mol. The molecule has 0 saturated heterocycles. The van der Waals surface area contributed by atoms with Crippen molar-refractivity contribution >= 4 is 16.8 Å². The van der Waals surface area contributed by atoms with E-state index in [9.17, 15) is 4.79 Å². The fourth-order valence-electron chi connectivity index (χ4n) is 2.41. The first-order chi connectivity index (χ1) is 9.60. The van der Waals surface area contributed by atoms with E-state index in [4.69, 9.17) is 5.73 Å². The van der Waals surface area contributed by atoms with Gasteiger partial charge >= 0.3 is 0 Å². The number of para-hydroxylation sites is 1. The molecule has 106 valence electrons. The molecule has 4 nitrogen and oxygen atoms in total. The molecular formula is C16H21N3O. The van der Waals surface area contributed by atoms with Gasteiger partial charge in [-0.3, -0.25) is 9.78 Å². The molecule has 2 aromatic rings. The molecule has 2 atom stereocenters. The third-order valence-electron chi connectivity index (χ3n) is 3.99. The Morgan fingerprint density at radius 2 is 2.10 bits per heavy atom. The van der Waals surface area contributed by atoms with Crippen molar-refractivity contribution in [3.05, 3.63) is 41.6 Å². The molecule has 1 heterocycles. The number of rotatable bonds is 4. The van der Waals surface area contributed by atoms with Gasteiger partial charge in [0.05, 0.1) is 11.1 Å². The lowest BCUT2D eigenvalue weighted by molar-refractivity contribution is 0.0964. The van der Waals surface area contributed by atoms with Crippen LogP contribution < -0.4 is 11.1 Å². The van der Waals surface area contributed by atoms with Crippen molar-refractivity contribution in [3.63, 3.8) is 0 Å². The maximum atomic E-state index is 11.9. The lowest BCUT2D eigenvalue weighted by Gasteiger charge is -2.20. The van der Waals surface area contributed by atoms with E-state index in [1.807, 2.05) is 12.1 Å². The van der Waals surface area contributed by atoms with Crippen LogP contribution in [-0.2, 0) is 0 Å². The number of carbonyl (C=O) groups is 1. The predicted molar refractivity (Wildman–Crippen MR) is 81.8 cm³/mol. The van der Waals surface area contributed by atoms with Crippen LogP contribution in [-0.4, -0.2) is 24.5 Å². The fraction of sp³-hybridized carbons (Fsp3) is 0.375. The Balaban J connectivity index is 2.62. The molecule has 3 N–H and O–H groups in total. The van der Waals surface area contributed by atoms with Crippen molar-refractivity contribution in [2.75, 3.05) is 13.6 Å². The van der Waals surface area contributed by atoms with Gasteiger partial charge in [-0.05, 0) is 30.0 Å². The number of nitrogens with two attached hydrogens (primary N) is 1. The van der Waals surface area contributed by atoms with Crippen LogP contribution in [0.2, 0.25) is 0 Å². The molecule has 0 aliphatic heterocycles. The lowest BCUT2D eigenvalue weighted by atomic mass is 9.87. The molecule has 0 aliphatic rings. The Morgan fingerprint density at radius 1 is 1.35 bits per heavy atom. The molecule has 2 rings (SSSR count). The van der Waals surface area contributed by atoms with E-state index in [0.717, 1.165) is 16.5 Å². The predicted octanol–water partition coefficient (Wildman–Crippen LogP) is 2.29. The van der Waals surface area contributed by atoms with E-state index in [0.29, 0.717) is 23.9 Å². The van der Waals surface area contributed by atoms with Gasteiger partial charge in [0.2, 0.25) is 0 Å². The minimum absolute atomic E-state index is 0.0888. The molecule has 0 spiro atoms. The number of benzene rings is 1. The van der Waals surface area contributed by atoms with Crippen LogP contribution in [0.3, 0.4) is 0 Å². The lowest BCUT2D eigenvalue weighted by Crippen LogP contribution is -2.19. The number of amides is 1. The van der Waals surface area contributed by atoms with E-state index in [1.165, 1.54) is 0 Å². The van der Waals surface area contributed by atoms with E-state index in [-0.39, 0.29) is 5.91 Å². The molecule has 0 saturated carbocycles. The van der Waals surface area contributed by atoms with Gasteiger partial charge in [0.25, 0.3) is 5.91 Å². The summed E-state index contributed by atoms with van der Waals surface area (Å²) in [6.07, 6.45) is 1.69. The summed E-state index contributed by atoms with van der Waals surface area (Å²) >= 11 is 0. The average molecular weight is 271 g/mol. The quantitative estimate of drug-likeness (QED) is 0.896. The molecule has 1 aromatic heterocycles. The summed E-state index contributed by atoms with van der Waals surface area (Å²) in [6, 6.07) is 7.74. The molecule has 1 unspecified atom stereocenters. The topological polar surface area (TPSA) is 68.0 Å². The van der Waals surface area contributed by atoms with E-state index < -0.39 is 0 Å². The first kappa shape index (κ1) is 14.5. The highest BCUT2D eigenvalue weighted by Crippen LogP contribution is 2.30. The average Bonchev–Trinajstić information content (AvgIpc) is 2.51. The molecule has 1 aromatic carbocycles. The number of pyridine rings is 1. The summed E-state index contributed by atoms with van der Waals surface area (Å²) in [7, 11) is 1.64. The third kappa shape index (κ3) is 2.51. The first-order valence-electron chi connectivity index (χ1n) is 6.90. The maximum absolute atomic E-state index is 11.9. The summed E-state index contributed by atoms with van der Waals surface area (Å²) in [4.78, 5) is 16.4. The maximum Gasteiger partial charge on any atom is 0.251 e. The molecule has 0 aliphatic carbocycles. The highest BCUT2D eigenvalue weighted by molar-refractivity contribution is 6.06. The van der Waals surface area contributed by atoms with Crippen LogP contribution in [0.15, 0.2) is 30.5 Å². The highest BCUT2D eigenvalue weighted by atomic mass is 16.1. The number of carbonyl (C=O) groups excluding carboxylic acids is 1. The van der Waals surface area contributed by atoms with E-state index in [1.54, 1.807) is 19.3 Å². The van der Waals surface area contributed by atoms with Gasteiger partial charge in [-0.15, -0.1) is 0 Å². The standard InChI is InChI=1S/C16H21N3O/c1-10(9-17)11(2)12-5-4-6-13-14(16(20)18-3)7-8-19-15(12)13/h4-8,10-11H,9,17H2,1-3H3,(H,18,20)/t10?,11-/m1/s1. The van der Waals surface area contributed by atoms with Crippen molar-refractivity contribution in [1.29, 1.82) is 0 Å². The normalized spacial score (nSPS) is 14.0. The second-order valence-electron chi connectivity index (χ2n) is 5.18.